The number of hydrogen-bond acceptors (Lipinski definition) is 2. The predicted molar refractivity (Wildman–Crippen MR) is 65.9 cm³/mol. The van der Waals surface area contributed by atoms with Crippen molar-refractivity contribution in [3.05, 3.63) is 39.9 Å². The second-order valence-electron chi connectivity index (χ2n) is 4.32. The fourth-order valence-electron chi connectivity index (χ4n) is 2.35. The Bertz CT molecular complexity index is 559. The summed E-state index contributed by atoms with van der Waals surface area (Å²) in [5.41, 5.74) is 2.58. The van der Waals surface area contributed by atoms with E-state index in [0.717, 1.165) is 22.5 Å². The molecule has 3 rings (SSSR count). The number of fused-ring (bicyclic) bond motifs is 3. The van der Waals surface area contributed by atoms with Crippen molar-refractivity contribution < 1.29 is 0 Å². The Labute approximate surface area is 103 Å². The number of nitrogens with zero attached hydrogens (tertiary/aromatic N) is 3. The third kappa shape index (κ3) is 1.33. The van der Waals surface area contributed by atoms with Gasteiger partial charge in [-0.15, -0.1) is 10.2 Å². The molecular weight excluding hydrogens is 266 g/mol. The molecule has 16 heavy (non-hydrogen) atoms. The van der Waals surface area contributed by atoms with Gasteiger partial charge in [-0.3, -0.25) is 4.57 Å². The van der Waals surface area contributed by atoms with Crippen molar-refractivity contribution in [3.63, 3.8) is 0 Å². The van der Waals surface area contributed by atoms with E-state index in [-0.39, 0.29) is 0 Å². The van der Waals surface area contributed by atoms with Gasteiger partial charge in [0.25, 0.3) is 0 Å². The van der Waals surface area contributed by atoms with Crippen LogP contribution in [-0.2, 0) is 6.42 Å². The largest absolute Gasteiger partial charge is 0.283 e. The summed E-state index contributed by atoms with van der Waals surface area (Å²) >= 11 is 3.52. The Hall–Kier alpha value is -1.16. The van der Waals surface area contributed by atoms with Gasteiger partial charge in [-0.2, -0.15) is 0 Å². The van der Waals surface area contributed by atoms with Gasteiger partial charge in [-0.1, -0.05) is 22.9 Å². The Morgan fingerprint density at radius 3 is 3.00 bits per heavy atom. The predicted octanol–water partition coefficient (Wildman–Crippen LogP) is 3.00. The zero-order chi connectivity index (χ0) is 11.3. The first-order valence-electron chi connectivity index (χ1n) is 5.37. The average Bonchev–Trinajstić information content (AvgIpc) is 2.61. The SMILES string of the molecule is Cc1nnc2n1-c1ccc(Br)cc1CC2C. The average molecular weight is 278 g/mol. The standard InChI is InChI=1S/C12H12BrN3/c1-7-5-9-6-10(13)3-4-11(9)16-8(2)14-15-12(7)16/h3-4,6-7H,5H2,1-2H3. The topological polar surface area (TPSA) is 30.7 Å². The van der Waals surface area contributed by atoms with E-state index in [1.807, 2.05) is 6.92 Å². The summed E-state index contributed by atoms with van der Waals surface area (Å²) in [7, 11) is 0. The number of aromatic nitrogens is 3. The second-order valence-corrected chi connectivity index (χ2v) is 5.23. The van der Waals surface area contributed by atoms with Gasteiger partial charge in [0.15, 0.2) is 0 Å². The fourth-order valence-corrected chi connectivity index (χ4v) is 2.76. The lowest BCUT2D eigenvalue weighted by molar-refractivity contribution is 0.644. The molecule has 1 aromatic carbocycles. The second kappa shape index (κ2) is 3.42. The molecule has 0 aliphatic carbocycles. The first kappa shape index (κ1) is 10.0. The van der Waals surface area contributed by atoms with Crippen molar-refractivity contribution in [1.82, 2.24) is 14.8 Å². The van der Waals surface area contributed by atoms with Crippen molar-refractivity contribution >= 4 is 15.9 Å². The minimum absolute atomic E-state index is 0.433. The van der Waals surface area contributed by atoms with E-state index in [2.05, 4.69) is 55.8 Å². The molecule has 0 N–H and O–H groups in total. The van der Waals surface area contributed by atoms with Crippen molar-refractivity contribution in [2.45, 2.75) is 26.2 Å². The molecule has 0 amide bonds. The molecule has 3 nitrogen and oxygen atoms in total. The number of aryl methyl sites for hydroxylation is 1. The van der Waals surface area contributed by atoms with E-state index in [1.54, 1.807) is 0 Å². The molecule has 2 heterocycles. The quantitative estimate of drug-likeness (QED) is 0.741. The molecule has 1 aliphatic rings. The number of hydrogen-bond donors (Lipinski definition) is 0. The molecule has 0 radical (unpaired) electrons. The maximum absolute atomic E-state index is 4.26. The molecular formula is C12H12BrN3. The first-order chi connectivity index (χ1) is 7.66. The molecule has 2 aromatic rings. The maximum Gasteiger partial charge on any atom is 0.140 e. The minimum Gasteiger partial charge on any atom is -0.283 e. The summed E-state index contributed by atoms with van der Waals surface area (Å²) in [6.45, 7) is 4.20. The molecule has 1 aromatic heterocycles. The molecule has 4 heteroatoms. The Morgan fingerprint density at radius 1 is 1.38 bits per heavy atom. The Morgan fingerprint density at radius 2 is 2.19 bits per heavy atom. The van der Waals surface area contributed by atoms with E-state index in [1.165, 1.54) is 11.3 Å². The lowest BCUT2D eigenvalue weighted by Crippen LogP contribution is -2.16. The molecule has 82 valence electrons. The normalized spacial score (nSPS) is 18.1. The van der Waals surface area contributed by atoms with Crippen LogP contribution in [0.4, 0.5) is 0 Å². The van der Waals surface area contributed by atoms with Crippen LogP contribution in [0.1, 0.15) is 30.1 Å². The van der Waals surface area contributed by atoms with Gasteiger partial charge >= 0.3 is 0 Å². The van der Waals surface area contributed by atoms with E-state index >= 15 is 0 Å². The number of halogens is 1. The Balaban J connectivity index is 2.30. The lowest BCUT2D eigenvalue weighted by atomic mass is 9.95. The summed E-state index contributed by atoms with van der Waals surface area (Å²) in [6, 6.07) is 6.39. The molecule has 1 atom stereocenters. The van der Waals surface area contributed by atoms with Crippen molar-refractivity contribution in [1.29, 1.82) is 0 Å². The van der Waals surface area contributed by atoms with Crippen molar-refractivity contribution in [3.8, 4) is 5.69 Å². The first-order valence-corrected chi connectivity index (χ1v) is 6.17. The fraction of sp³-hybridized carbons (Fsp3) is 0.333. The molecule has 0 saturated carbocycles. The number of rotatable bonds is 0. The third-order valence-electron chi connectivity index (χ3n) is 3.10. The van der Waals surface area contributed by atoms with Crippen molar-refractivity contribution in [2.24, 2.45) is 0 Å². The molecule has 1 unspecified atom stereocenters. The van der Waals surface area contributed by atoms with E-state index in [9.17, 15) is 0 Å². The van der Waals surface area contributed by atoms with Gasteiger partial charge in [0.2, 0.25) is 0 Å². The Kier molecular flexibility index (Phi) is 2.14. The molecule has 0 bridgehead atoms. The van der Waals surface area contributed by atoms with Gasteiger partial charge in [-0.25, -0.2) is 0 Å². The van der Waals surface area contributed by atoms with E-state index in [4.69, 9.17) is 0 Å². The van der Waals surface area contributed by atoms with Gasteiger partial charge in [0.1, 0.15) is 11.6 Å². The lowest BCUT2D eigenvalue weighted by Gasteiger charge is -2.23. The van der Waals surface area contributed by atoms with Crippen LogP contribution >= 0.6 is 15.9 Å². The van der Waals surface area contributed by atoms with Gasteiger partial charge in [0, 0.05) is 10.4 Å². The molecule has 0 saturated heterocycles. The van der Waals surface area contributed by atoms with Crippen LogP contribution in [0, 0.1) is 6.92 Å². The molecule has 0 spiro atoms. The number of benzene rings is 1. The van der Waals surface area contributed by atoms with E-state index in [0.29, 0.717) is 5.92 Å². The van der Waals surface area contributed by atoms with Gasteiger partial charge in [-0.05, 0) is 37.1 Å². The highest BCUT2D eigenvalue weighted by Crippen LogP contribution is 2.33. The summed E-state index contributed by atoms with van der Waals surface area (Å²) < 4.78 is 3.29. The molecule has 1 aliphatic heterocycles. The smallest absolute Gasteiger partial charge is 0.140 e. The van der Waals surface area contributed by atoms with Gasteiger partial charge in [0.05, 0.1) is 5.69 Å². The summed E-state index contributed by atoms with van der Waals surface area (Å²) in [5, 5.41) is 8.43. The zero-order valence-corrected chi connectivity index (χ0v) is 10.8. The highest BCUT2D eigenvalue weighted by atomic mass is 79.9. The van der Waals surface area contributed by atoms with Gasteiger partial charge < -0.3 is 0 Å². The third-order valence-corrected chi connectivity index (χ3v) is 3.59. The summed E-state index contributed by atoms with van der Waals surface area (Å²) in [6.07, 6.45) is 1.03. The zero-order valence-electron chi connectivity index (χ0n) is 9.24. The van der Waals surface area contributed by atoms with Crippen molar-refractivity contribution in [2.75, 3.05) is 0 Å². The van der Waals surface area contributed by atoms with Crippen LogP contribution in [0.15, 0.2) is 22.7 Å². The molecule has 0 fully saturated rings. The summed E-state index contributed by atoms with van der Waals surface area (Å²) in [4.78, 5) is 0. The summed E-state index contributed by atoms with van der Waals surface area (Å²) in [5.74, 6) is 2.47. The monoisotopic (exact) mass is 277 g/mol. The highest BCUT2D eigenvalue weighted by Gasteiger charge is 2.24. The van der Waals surface area contributed by atoms with Crippen LogP contribution in [0.3, 0.4) is 0 Å². The maximum atomic E-state index is 4.26. The van der Waals surface area contributed by atoms with Crippen LogP contribution in [-0.4, -0.2) is 14.8 Å². The highest BCUT2D eigenvalue weighted by molar-refractivity contribution is 9.10. The van der Waals surface area contributed by atoms with Crippen LogP contribution in [0.5, 0.6) is 0 Å². The van der Waals surface area contributed by atoms with Crippen LogP contribution < -0.4 is 0 Å². The van der Waals surface area contributed by atoms with Crippen LogP contribution in [0.25, 0.3) is 5.69 Å². The van der Waals surface area contributed by atoms with Crippen LogP contribution in [0.2, 0.25) is 0 Å². The van der Waals surface area contributed by atoms with E-state index < -0.39 is 0 Å². The minimum atomic E-state index is 0.433.